The monoisotopic (exact) mass is 530 g/mol. The molecule has 0 fully saturated rings. The molecule has 184 valence electrons. The Kier molecular flexibility index (Phi) is 10.0. The number of nitrogens with one attached hydrogen (secondary N) is 1. The van der Waals surface area contributed by atoms with Crippen LogP contribution >= 0.6 is 34.8 Å². The number of hydrogen-bond donors (Lipinski definition) is 1. The van der Waals surface area contributed by atoms with Crippen molar-refractivity contribution in [2.24, 2.45) is 5.92 Å². The third-order valence-electron chi connectivity index (χ3n) is 5.56. The highest BCUT2D eigenvalue weighted by molar-refractivity contribution is 6.42. The molecule has 35 heavy (non-hydrogen) atoms. The van der Waals surface area contributed by atoms with Gasteiger partial charge in [0.1, 0.15) is 6.04 Å². The SMILES string of the molecule is CC(C)CNC(=O)C(Cc1ccccc1)N(Cc1ccc(Cl)c(Cl)c1)C(=O)Cc1ccc(Cl)cc1. The molecule has 3 aromatic carbocycles. The lowest BCUT2D eigenvalue weighted by atomic mass is 10.0. The number of carbonyl (C=O) groups is 2. The van der Waals surface area contributed by atoms with Gasteiger partial charge in [0.2, 0.25) is 11.8 Å². The molecule has 1 N–H and O–H groups in total. The predicted octanol–water partition coefficient (Wildman–Crippen LogP) is 6.60. The van der Waals surface area contributed by atoms with Gasteiger partial charge in [0, 0.05) is 24.5 Å². The fourth-order valence-electron chi connectivity index (χ4n) is 3.69. The number of rotatable bonds is 10. The van der Waals surface area contributed by atoms with Crippen LogP contribution in [-0.4, -0.2) is 29.3 Å². The minimum atomic E-state index is -0.703. The zero-order chi connectivity index (χ0) is 25.4. The van der Waals surface area contributed by atoms with E-state index in [1.807, 2.05) is 62.4 Å². The Labute approximate surface area is 222 Å². The van der Waals surface area contributed by atoms with Gasteiger partial charge in [-0.1, -0.05) is 97.2 Å². The van der Waals surface area contributed by atoms with Crippen molar-refractivity contribution >= 4 is 46.6 Å². The number of hydrogen-bond acceptors (Lipinski definition) is 2. The second-order valence-electron chi connectivity index (χ2n) is 8.92. The van der Waals surface area contributed by atoms with Gasteiger partial charge in [0.25, 0.3) is 0 Å². The van der Waals surface area contributed by atoms with Crippen molar-refractivity contribution < 1.29 is 9.59 Å². The summed E-state index contributed by atoms with van der Waals surface area (Å²) in [5.41, 5.74) is 2.58. The maximum Gasteiger partial charge on any atom is 0.243 e. The van der Waals surface area contributed by atoms with Crippen molar-refractivity contribution in [3.05, 3.63) is 105 Å². The van der Waals surface area contributed by atoms with E-state index in [-0.39, 0.29) is 30.7 Å². The highest BCUT2D eigenvalue weighted by Crippen LogP contribution is 2.25. The van der Waals surface area contributed by atoms with Gasteiger partial charge >= 0.3 is 0 Å². The Bertz CT molecular complexity index is 1130. The molecule has 4 nitrogen and oxygen atoms in total. The lowest BCUT2D eigenvalue weighted by Gasteiger charge is -2.32. The smallest absolute Gasteiger partial charge is 0.243 e. The summed E-state index contributed by atoms with van der Waals surface area (Å²) in [5, 5.41) is 4.45. The third kappa shape index (κ3) is 8.28. The maximum atomic E-state index is 13.7. The van der Waals surface area contributed by atoms with Crippen molar-refractivity contribution in [3.8, 4) is 0 Å². The Hall–Kier alpha value is -2.53. The first-order valence-electron chi connectivity index (χ1n) is 11.5. The Balaban J connectivity index is 1.96. The van der Waals surface area contributed by atoms with Crippen LogP contribution in [-0.2, 0) is 29.0 Å². The molecule has 0 aliphatic heterocycles. The highest BCUT2D eigenvalue weighted by Gasteiger charge is 2.30. The van der Waals surface area contributed by atoms with Crippen molar-refractivity contribution in [1.82, 2.24) is 10.2 Å². The van der Waals surface area contributed by atoms with Crippen LogP contribution in [0.25, 0.3) is 0 Å². The first-order chi connectivity index (χ1) is 16.7. The quantitative estimate of drug-likeness (QED) is 0.320. The topological polar surface area (TPSA) is 49.4 Å². The van der Waals surface area contributed by atoms with Gasteiger partial charge in [-0.3, -0.25) is 9.59 Å². The summed E-state index contributed by atoms with van der Waals surface area (Å²) < 4.78 is 0. The second-order valence-corrected chi connectivity index (χ2v) is 10.2. The summed E-state index contributed by atoms with van der Waals surface area (Å²) in [6, 6.07) is 21.4. The van der Waals surface area contributed by atoms with E-state index in [1.54, 1.807) is 29.2 Å². The summed E-state index contributed by atoms with van der Waals surface area (Å²) in [6.07, 6.45) is 0.527. The largest absolute Gasteiger partial charge is 0.354 e. The van der Waals surface area contributed by atoms with E-state index >= 15 is 0 Å². The van der Waals surface area contributed by atoms with Crippen molar-refractivity contribution in [3.63, 3.8) is 0 Å². The van der Waals surface area contributed by atoms with Crippen LogP contribution in [0.2, 0.25) is 15.1 Å². The van der Waals surface area contributed by atoms with E-state index in [1.165, 1.54) is 0 Å². The first kappa shape index (κ1) is 27.1. The molecule has 0 aliphatic carbocycles. The summed E-state index contributed by atoms with van der Waals surface area (Å²) in [4.78, 5) is 28.8. The minimum absolute atomic E-state index is 0.140. The molecular formula is C28H29Cl3N2O2. The molecule has 3 rings (SSSR count). The van der Waals surface area contributed by atoms with Gasteiger partial charge in [-0.2, -0.15) is 0 Å². The van der Waals surface area contributed by atoms with Crippen molar-refractivity contribution in [2.45, 2.75) is 39.3 Å². The van der Waals surface area contributed by atoms with Gasteiger partial charge < -0.3 is 10.2 Å². The number of nitrogens with zero attached hydrogens (tertiary/aromatic N) is 1. The van der Waals surface area contributed by atoms with Crippen LogP contribution in [0.3, 0.4) is 0 Å². The molecular weight excluding hydrogens is 503 g/mol. The predicted molar refractivity (Wildman–Crippen MR) is 144 cm³/mol. The van der Waals surface area contributed by atoms with E-state index < -0.39 is 6.04 Å². The van der Waals surface area contributed by atoms with Gasteiger partial charge in [-0.15, -0.1) is 0 Å². The molecule has 1 unspecified atom stereocenters. The van der Waals surface area contributed by atoms with Crippen LogP contribution in [0.1, 0.15) is 30.5 Å². The average Bonchev–Trinajstić information content (AvgIpc) is 2.84. The number of benzene rings is 3. The fourth-order valence-corrected chi connectivity index (χ4v) is 4.14. The second kappa shape index (κ2) is 13.0. The molecule has 0 bridgehead atoms. The van der Waals surface area contributed by atoms with E-state index in [9.17, 15) is 9.59 Å². The highest BCUT2D eigenvalue weighted by atomic mass is 35.5. The molecule has 0 aliphatic rings. The number of amides is 2. The molecule has 0 saturated heterocycles. The summed E-state index contributed by atoms with van der Waals surface area (Å²) in [7, 11) is 0. The normalized spacial score (nSPS) is 11.8. The van der Waals surface area contributed by atoms with Crippen LogP contribution in [0.4, 0.5) is 0 Å². The van der Waals surface area contributed by atoms with E-state index in [4.69, 9.17) is 34.8 Å². The van der Waals surface area contributed by atoms with Crippen molar-refractivity contribution in [1.29, 1.82) is 0 Å². The molecule has 3 aromatic rings. The molecule has 0 aromatic heterocycles. The van der Waals surface area contributed by atoms with Crippen LogP contribution < -0.4 is 5.32 Å². The molecule has 1 atom stereocenters. The zero-order valence-electron chi connectivity index (χ0n) is 19.8. The van der Waals surface area contributed by atoms with Gasteiger partial charge in [0.15, 0.2) is 0 Å². The van der Waals surface area contributed by atoms with Crippen LogP contribution in [0.5, 0.6) is 0 Å². The van der Waals surface area contributed by atoms with Crippen molar-refractivity contribution in [2.75, 3.05) is 6.54 Å². The first-order valence-corrected chi connectivity index (χ1v) is 12.7. The summed E-state index contributed by atoms with van der Waals surface area (Å²) >= 11 is 18.4. The summed E-state index contributed by atoms with van der Waals surface area (Å²) in [5.74, 6) is -0.0734. The molecule has 7 heteroatoms. The minimum Gasteiger partial charge on any atom is -0.354 e. The molecule has 2 amide bonds. The van der Waals surface area contributed by atoms with E-state index in [0.717, 1.165) is 16.7 Å². The number of carbonyl (C=O) groups excluding carboxylic acids is 2. The fraction of sp³-hybridized carbons (Fsp3) is 0.286. The van der Waals surface area contributed by atoms with Gasteiger partial charge in [-0.05, 0) is 46.9 Å². The Morgan fingerprint density at radius 2 is 1.49 bits per heavy atom. The third-order valence-corrected chi connectivity index (χ3v) is 6.55. The summed E-state index contributed by atoms with van der Waals surface area (Å²) in [6.45, 7) is 4.81. The lowest BCUT2D eigenvalue weighted by molar-refractivity contribution is -0.140. The Morgan fingerprint density at radius 1 is 0.829 bits per heavy atom. The Morgan fingerprint density at radius 3 is 2.11 bits per heavy atom. The average molecular weight is 532 g/mol. The van der Waals surface area contributed by atoms with Gasteiger partial charge in [-0.25, -0.2) is 0 Å². The number of halogens is 3. The van der Waals surface area contributed by atoms with Gasteiger partial charge in [0.05, 0.1) is 16.5 Å². The van der Waals surface area contributed by atoms with Crippen LogP contribution in [0, 0.1) is 5.92 Å². The standard InChI is InChI=1S/C28H29Cl3N2O2/c1-19(2)17-32-28(35)26(15-20-6-4-3-5-7-20)33(18-22-10-13-24(30)25(31)14-22)27(34)16-21-8-11-23(29)12-9-21/h3-14,19,26H,15-18H2,1-2H3,(H,32,35). The zero-order valence-corrected chi connectivity index (χ0v) is 22.1. The van der Waals surface area contributed by atoms with E-state index in [0.29, 0.717) is 28.0 Å². The molecule has 0 saturated carbocycles. The molecule has 0 spiro atoms. The molecule has 0 heterocycles. The maximum absolute atomic E-state index is 13.7. The van der Waals surface area contributed by atoms with Crippen LogP contribution in [0.15, 0.2) is 72.8 Å². The molecule has 0 radical (unpaired) electrons. The van der Waals surface area contributed by atoms with E-state index in [2.05, 4.69) is 5.32 Å². The lowest BCUT2D eigenvalue weighted by Crippen LogP contribution is -2.51.